The van der Waals surface area contributed by atoms with E-state index in [2.05, 4.69) is 16.8 Å². The molecule has 136 valence electrons. The zero-order chi connectivity index (χ0) is 17.3. The van der Waals surface area contributed by atoms with E-state index in [1.165, 1.54) is 44.9 Å². The molecule has 0 aromatic carbocycles. The van der Waals surface area contributed by atoms with Crippen LogP contribution in [0.2, 0.25) is 0 Å². The number of hydrogen-bond acceptors (Lipinski definition) is 6. The number of hydrogen-bond donors (Lipinski definition) is 3. The molecule has 0 heterocycles. The summed E-state index contributed by atoms with van der Waals surface area (Å²) in [6, 6.07) is 0. The van der Waals surface area contributed by atoms with Crippen LogP contribution in [-0.2, 0) is 14.6 Å². The Balaban J connectivity index is 0. The van der Waals surface area contributed by atoms with Gasteiger partial charge in [0.2, 0.25) is 16.7 Å². The highest BCUT2D eigenvalue weighted by atomic mass is 32.3. The Bertz CT molecular complexity index is 308. The highest BCUT2D eigenvalue weighted by Crippen LogP contribution is 2.10. The lowest BCUT2D eigenvalue weighted by atomic mass is 10.1. The summed E-state index contributed by atoms with van der Waals surface area (Å²) in [6.07, 6.45) is 10.5. The van der Waals surface area contributed by atoms with E-state index in [0.717, 1.165) is 12.8 Å². The van der Waals surface area contributed by atoms with Gasteiger partial charge >= 0.3 is 0 Å². The fraction of sp³-hybridized carbons (Fsp3) is 1.00. The second-order valence-electron chi connectivity index (χ2n) is 5.18. The lowest BCUT2D eigenvalue weighted by Crippen LogP contribution is -2.55. The van der Waals surface area contributed by atoms with Crippen molar-refractivity contribution in [3.63, 3.8) is 0 Å². The first-order chi connectivity index (χ1) is 10.3. The third-order valence-corrected chi connectivity index (χ3v) is 3.44. The van der Waals surface area contributed by atoms with Crippen LogP contribution in [0.4, 0.5) is 0 Å². The molecular formula is C14H33NO6S. The molecule has 0 aromatic rings. The van der Waals surface area contributed by atoms with E-state index in [0.29, 0.717) is 6.42 Å². The first-order valence-corrected chi connectivity index (χ1v) is 9.42. The topological polar surface area (TPSA) is 135 Å². The van der Waals surface area contributed by atoms with Crippen molar-refractivity contribution >= 4 is 10.4 Å². The molecule has 0 aliphatic rings. The molecule has 0 aromatic heterocycles. The standard InChI is InChI=1S/C12H26O4S.C2H7NO2/c1-2-3-4-5-6-7-8-9-10-11-12-16-17(13,14)15;3-1-2(4)5/h2-12H2,1H3,(H,13,14,15);2,4-5H,1,3H2. The quantitative estimate of drug-likeness (QED) is 0.197. The van der Waals surface area contributed by atoms with Crippen LogP contribution in [0.15, 0.2) is 0 Å². The zero-order valence-electron chi connectivity index (χ0n) is 13.7. The van der Waals surface area contributed by atoms with Gasteiger partial charge in [0.1, 0.15) is 6.54 Å². The van der Waals surface area contributed by atoms with Gasteiger partial charge in [-0.05, 0) is 6.42 Å². The van der Waals surface area contributed by atoms with Gasteiger partial charge < -0.3 is 20.5 Å². The number of rotatable bonds is 13. The molecule has 0 amide bonds. The normalized spacial score (nSPS) is 11.4. The Labute approximate surface area is 134 Å². The van der Waals surface area contributed by atoms with Crippen LogP contribution in [0.1, 0.15) is 71.1 Å². The van der Waals surface area contributed by atoms with Crippen LogP contribution >= 0.6 is 0 Å². The minimum atomic E-state index is -4.48. The third-order valence-electron chi connectivity index (χ3n) is 2.98. The van der Waals surface area contributed by atoms with Crippen molar-refractivity contribution in [1.82, 2.24) is 0 Å². The second-order valence-corrected chi connectivity index (χ2v) is 6.23. The summed E-state index contributed by atoms with van der Waals surface area (Å²) in [5.74, 6) is 0. The molecular weight excluding hydrogens is 310 g/mol. The Morgan fingerprint density at radius 3 is 1.64 bits per heavy atom. The number of quaternary nitrogens is 1. The number of aliphatic hydroxyl groups excluding tert-OH is 1. The second kappa shape index (κ2) is 17.1. The molecule has 22 heavy (non-hydrogen) atoms. The summed E-state index contributed by atoms with van der Waals surface area (Å²) < 4.78 is 34.5. The highest BCUT2D eigenvalue weighted by Gasteiger charge is 1.95. The Morgan fingerprint density at radius 1 is 0.955 bits per heavy atom. The summed E-state index contributed by atoms with van der Waals surface area (Å²) in [6.45, 7) is 2.41. The van der Waals surface area contributed by atoms with Gasteiger partial charge in [0.15, 0.2) is 0 Å². The predicted octanol–water partition coefficient (Wildman–Crippen LogP) is 0.923. The van der Waals surface area contributed by atoms with Gasteiger partial charge in [-0.2, -0.15) is 0 Å². The van der Waals surface area contributed by atoms with Crippen molar-refractivity contribution in [2.45, 2.75) is 77.4 Å². The van der Waals surface area contributed by atoms with E-state index in [4.69, 9.17) is 10.2 Å². The van der Waals surface area contributed by atoms with E-state index < -0.39 is 16.7 Å². The lowest BCUT2D eigenvalue weighted by molar-refractivity contribution is -0.402. The van der Waals surface area contributed by atoms with Crippen molar-refractivity contribution < 1.29 is 33.1 Å². The van der Waals surface area contributed by atoms with E-state index in [9.17, 15) is 13.0 Å². The first-order valence-electron chi connectivity index (χ1n) is 8.09. The molecule has 0 spiro atoms. The molecule has 5 N–H and O–H groups in total. The number of aliphatic hydroxyl groups is 2. The van der Waals surface area contributed by atoms with Crippen LogP contribution in [-0.4, -0.2) is 42.6 Å². The fourth-order valence-electron chi connectivity index (χ4n) is 1.75. The molecule has 0 bridgehead atoms. The van der Waals surface area contributed by atoms with Gasteiger partial charge in [0, 0.05) is 0 Å². The molecule has 0 atom stereocenters. The molecule has 8 heteroatoms. The van der Waals surface area contributed by atoms with E-state index in [-0.39, 0.29) is 13.2 Å². The molecule has 0 rings (SSSR count). The summed E-state index contributed by atoms with van der Waals surface area (Å²) in [4.78, 5) is 0. The monoisotopic (exact) mass is 343 g/mol. The zero-order valence-corrected chi connectivity index (χ0v) is 14.5. The SMILES string of the molecule is CCCCCCCCCCCCOS(=O)(=O)[O-].[NH3+]CC(O)O. The molecule has 7 nitrogen and oxygen atoms in total. The van der Waals surface area contributed by atoms with Gasteiger partial charge in [-0.3, -0.25) is 4.18 Å². The van der Waals surface area contributed by atoms with Crippen molar-refractivity contribution in [3.8, 4) is 0 Å². The van der Waals surface area contributed by atoms with Gasteiger partial charge in [-0.15, -0.1) is 0 Å². The summed E-state index contributed by atoms with van der Waals surface area (Å²) in [7, 11) is -4.48. The van der Waals surface area contributed by atoms with Crippen molar-refractivity contribution in [2.75, 3.05) is 13.2 Å². The van der Waals surface area contributed by atoms with E-state index in [1.807, 2.05) is 0 Å². The van der Waals surface area contributed by atoms with Crippen LogP contribution in [0.25, 0.3) is 0 Å². The molecule has 0 aliphatic heterocycles. The lowest BCUT2D eigenvalue weighted by Gasteiger charge is -2.06. The van der Waals surface area contributed by atoms with Gasteiger partial charge in [0.25, 0.3) is 0 Å². The summed E-state index contributed by atoms with van der Waals surface area (Å²) in [5.41, 5.74) is 3.19. The van der Waals surface area contributed by atoms with Crippen molar-refractivity contribution in [1.29, 1.82) is 0 Å². The van der Waals surface area contributed by atoms with Crippen molar-refractivity contribution in [3.05, 3.63) is 0 Å². The maximum atomic E-state index is 10.1. The van der Waals surface area contributed by atoms with Gasteiger partial charge in [-0.25, -0.2) is 8.42 Å². The van der Waals surface area contributed by atoms with Crippen molar-refractivity contribution in [2.24, 2.45) is 0 Å². The van der Waals surface area contributed by atoms with Crippen LogP contribution in [0, 0.1) is 0 Å². The first kappa shape index (κ1) is 24.0. The molecule has 0 aliphatic carbocycles. The Hall–Kier alpha value is -0.250. The Morgan fingerprint density at radius 2 is 1.32 bits per heavy atom. The smallest absolute Gasteiger partial charge is 0.217 e. The maximum Gasteiger partial charge on any atom is 0.217 e. The molecule has 0 saturated carbocycles. The summed E-state index contributed by atoms with van der Waals surface area (Å²) in [5, 5.41) is 15.7. The maximum absolute atomic E-state index is 10.1. The minimum Gasteiger partial charge on any atom is -0.726 e. The van der Waals surface area contributed by atoms with Gasteiger partial charge in [0.05, 0.1) is 6.61 Å². The predicted molar refractivity (Wildman–Crippen MR) is 83.5 cm³/mol. The average molecular weight is 343 g/mol. The fourth-order valence-corrected chi connectivity index (χ4v) is 2.07. The molecule has 0 unspecified atom stereocenters. The third kappa shape index (κ3) is 28.0. The van der Waals surface area contributed by atoms with Crippen LogP contribution in [0.3, 0.4) is 0 Å². The minimum absolute atomic E-state index is 0.0301. The highest BCUT2D eigenvalue weighted by molar-refractivity contribution is 7.80. The van der Waals surface area contributed by atoms with Crippen LogP contribution < -0.4 is 5.73 Å². The van der Waals surface area contributed by atoms with E-state index >= 15 is 0 Å². The van der Waals surface area contributed by atoms with Gasteiger partial charge in [-0.1, -0.05) is 64.7 Å². The van der Waals surface area contributed by atoms with Crippen LogP contribution in [0.5, 0.6) is 0 Å². The molecule has 0 fully saturated rings. The van der Waals surface area contributed by atoms with E-state index in [1.54, 1.807) is 0 Å². The Kier molecular flexibility index (Phi) is 18.7. The number of unbranched alkanes of at least 4 members (excludes halogenated alkanes) is 9. The largest absolute Gasteiger partial charge is 0.726 e. The average Bonchev–Trinajstić information content (AvgIpc) is 2.44. The molecule has 0 saturated heterocycles. The molecule has 0 radical (unpaired) electrons. The summed E-state index contributed by atoms with van der Waals surface area (Å²) >= 11 is 0.